The van der Waals surface area contributed by atoms with Gasteiger partial charge in [0.25, 0.3) is 5.78 Å². The minimum atomic E-state index is -1.83. The number of piperidine rings is 1. The third-order valence-corrected chi connectivity index (χ3v) is 13.6. The first-order chi connectivity index (χ1) is 30.1. The number of phenolic OH excluding ortho intramolecular Hbond substituents is 2. The van der Waals surface area contributed by atoms with Crippen LogP contribution in [0, 0.1) is 12.8 Å². The molecule has 63 heavy (non-hydrogen) atoms. The number of nitrogens with two attached hydrogens (primary N) is 1. The molecule has 2 saturated heterocycles. The van der Waals surface area contributed by atoms with E-state index in [2.05, 4.69) is 47.9 Å². The molecule has 0 bridgehead atoms. The number of carbonyl (C=O) groups is 3. The van der Waals surface area contributed by atoms with Crippen LogP contribution in [0.5, 0.6) is 17.2 Å². The summed E-state index contributed by atoms with van der Waals surface area (Å²) in [6.45, 7) is 14.4. The topological polar surface area (TPSA) is 200 Å². The van der Waals surface area contributed by atoms with Gasteiger partial charge in [-0.25, -0.2) is 0 Å². The number of aliphatic hydroxyl groups excluding tert-OH is 1. The van der Waals surface area contributed by atoms with Crippen molar-refractivity contribution in [1.29, 1.82) is 0 Å². The number of ether oxygens (including phenoxy) is 3. The van der Waals surface area contributed by atoms with Gasteiger partial charge in [-0.05, 0) is 62.1 Å². The molecule has 3 aromatic carbocycles. The van der Waals surface area contributed by atoms with E-state index in [9.17, 15) is 29.7 Å². The molecule has 1 spiro atoms. The quantitative estimate of drug-likeness (QED) is 0.0593. The lowest BCUT2D eigenvalue weighted by Crippen LogP contribution is -2.52. The van der Waals surface area contributed by atoms with Gasteiger partial charge in [0.15, 0.2) is 11.4 Å². The number of Topliss-reactive ketones (excluding diaryl/α,β-unsaturated/α-hetero) is 1. The van der Waals surface area contributed by atoms with Crippen LogP contribution in [-0.4, -0.2) is 123 Å². The Balaban J connectivity index is 0.899. The number of hydrogen-bond acceptors (Lipinski definition) is 14. The summed E-state index contributed by atoms with van der Waals surface area (Å²) >= 11 is 0. The highest BCUT2D eigenvalue weighted by atomic mass is 16.7. The van der Waals surface area contributed by atoms with Crippen molar-refractivity contribution in [1.82, 2.24) is 14.7 Å². The van der Waals surface area contributed by atoms with E-state index in [0.29, 0.717) is 67.9 Å². The van der Waals surface area contributed by atoms with Crippen LogP contribution in [0.25, 0.3) is 10.8 Å². The fourth-order valence-corrected chi connectivity index (χ4v) is 10.0. The maximum atomic E-state index is 14.4. The number of likely N-dealkylation sites (tertiary alicyclic amines) is 1. The summed E-state index contributed by atoms with van der Waals surface area (Å²) in [6.07, 6.45) is 5.95. The fourth-order valence-electron chi connectivity index (χ4n) is 10.0. The second-order valence-corrected chi connectivity index (χ2v) is 18.6. The summed E-state index contributed by atoms with van der Waals surface area (Å²) < 4.78 is 18.0. The first kappa shape index (κ1) is 44.4. The average molecular weight is 867 g/mol. The number of allylic oxidation sites excluding steroid dienone is 1. The van der Waals surface area contributed by atoms with Gasteiger partial charge in [0.05, 0.1) is 28.7 Å². The Morgan fingerprint density at radius 3 is 2.32 bits per heavy atom. The molecule has 1 amide bonds. The van der Waals surface area contributed by atoms with E-state index < -0.39 is 35.4 Å². The molecular formula is C48H62N6O9. The summed E-state index contributed by atoms with van der Waals surface area (Å²) in [4.78, 5) is 57.3. The van der Waals surface area contributed by atoms with Crippen molar-refractivity contribution in [2.24, 2.45) is 15.9 Å². The number of ketones is 1. The summed E-state index contributed by atoms with van der Waals surface area (Å²) in [7, 11) is 0. The predicted octanol–water partition coefficient (Wildman–Crippen LogP) is 4.22. The van der Waals surface area contributed by atoms with Crippen molar-refractivity contribution in [2.45, 2.75) is 122 Å². The number of hydrogen-bond donors (Lipinski definition) is 4. The normalized spacial score (nSPS) is 21.9. The molecule has 3 aromatic rings. The van der Waals surface area contributed by atoms with Gasteiger partial charge in [-0.3, -0.25) is 29.3 Å². The highest BCUT2D eigenvalue weighted by Gasteiger charge is 2.50. The minimum absolute atomic E-state index is 0.00675. The summed E-state index contributed by atoms with van der Waals surface area (Å²) in [5.41, 5.74) is 8.79. The number of aromatic hydroxyl groups is 2. The molecule has 5 aliphatic rings. The molecule has 5 N–H and O–H groups in total. The largest absolute Gasteiger partial charge is 0.507 e. The van der Waals surface area contributed by atoms with Crippen LogP contribution < -0.4 is 21.2 Å². The van der Waals surface area contributed by atoms with Gasteiger partial charge in [-0.15, -0.1) is 0 Å². The second kappa shape index (κ2) is 17.7. The van der Waals surface area contributed by atoms with Crippen LogP contribution in [0.2, 0.25) is 0 Å². The minimum Gasteiger partial charge on any atom is -0.507 e. The molecule has 15 heteroatoms. The maximum absolute atomic E-state index is 14.4. The summed E-state index contributed by atoms with van der Waals surface area (Å²) in [5, 5.41) is 34.2. The van der Waals surface area contributed by atoms with Crippen LogP contribution in [0.1, 0.15) is 99.7 Å². The molecule has 15 nitrogen and oxygen atoms in total. The van der Waals surface area contributed by atoms with Crippen molar-refractivity contribution in [3.05, 3.63) is 69.6 Å². The third kappa shape index (κ3) is 8.71. The van der Waals surface area contributed by atoms with Crippen LogP contribution in [0.3, 0.4) is 0 Å². The van der Waals surface area contributed by atoms with E-state index in [4.69, 9.17) is 29.9 Å². The van der Waals surface area contributed by atoms with Gasteiger partial charge in [0.2, 0.25) is 5.91 Å². The van der Waals surface area contributed by atoms with E-state index in [1.165, 1.54) is 24.3 Å². The number of nitrogen functional groups attached to an aromatic ring is 1. The molecule has 0 radical (unpaired) electrons. The monoisotopic (exact) mass is 866 g/mol. The number of nitrogens with zero attached hydrogens (tertiary/aromatic N) is 5. The van der Waals surface area contributed by atoms with Crippen LogP contribution in [0.4, 0.5) is 5.69 Å². The Hall–Kier alpha value is -5.25. The Kier molecular flexibility index (Phi) is 12.5. The zero-order chi connectivity index (χ0) is 44.8. The van der Waals surface area contributed by atoms with E-state index in [0.717, 1.165) is 45.6 Å². The van der Waals surface area contributed by atoms with E-state index in [1.54, 1.807) is 17.9 Å². The first-order valence-corrected chi connectivity index (χ1v) is 22.6. The number of fused-ring (bicyclic) bond motifs is 6. The Labute approximate surface area is 368 Å². The molecule has 4 heterocycles. The molecule has 338 valence electrons. The molecule has 0 saturated carbocycles. The summed E-state index contributed by atoms with van der Waals surface area (Å²) in [5.74, 6) is -3.29. The van der Waals surface area contributed by atoms with Crippen molar-refractivity contribution >= 4 is 34.1 Å². The standard InChI is InChI=1S/C48H62N6O9/c1-6-33(55)25-34(62-36(57)26-35(56)54-20-18-53(19-21-54)32-23-30-11-7-8-12-31(30)24-32)13-9-10-22-61-47(5)46(60)39-37-38(43(58)29(4)45(39)63-47)44(59)40(49)42-41(37)50-48(51-42)14-16-52(17-15-48)27-28(2)3/h7-8,10-12,22,28,32-34,55,58-59H,6,9,13-21,23-27,49H2,1-5H3/b22-10+/t33?,34-,47?/m1/s1. The first-order valence-electron chi connectivity index (χ1n) is 22.6. The van der Waals surface area contributed by atoms with E-state index in [1.807, 2.05) is 6.92 Å². The number of aliphatic hydroxyl groups is 1. The lowest BCUT2D eigenvalue weighted by molar-refractivity contribution is -0.155. The van der Waals surface area contributed by atoms with Crippen molar-refractivity contribution in [2.75, 3.05) is 51.5 Å². The molecule has 4 aliphatic heterocycles. The number of anilines is 1. The Morgan fingerprint density at radius 2 is 1.67 bits per heavy atom. The predicted molar refractivity (Wildman–Crippen MR) is 236 cm³/mol. The van der Waals surface area contributed by atoms with E-state index >= 15 is 0 Å². The molecule has 1 aliphatic carbocycles. The average Bonchev–Trinajstić information content (AvgIpc) is 3.94. The molecular weight excluding hydrogens is 805 g/mol. The zero-order valence-corrected chi connectivity index (χ0v) is 37.2. The third-order valence-electron chi connectivity index (χ3n) is 13.6. The number of piperazine rings is 1. The van der Waals surface area contributed by atoms with Crippen LogP contribution in [-0.2, 0) is 31.9 Å². The number of amides is 1. The lowest BCUT2D eigenvalue weighted by atomic mass is 9.93. The van der Waals surface area contributed by atoms with Crippen molar-refractivity contribution in [3.63, 3.8) is 0 Å². The number of carbonyl (C=O) groups excluding carboxylic acids is 3. The Morgan fingerprint density at radius 1 is 1.00 bits per heavy atom. The van der Waals surface area contributed by atoms with Gasteiger partial charge < -0.3 is 45.1 Å². The fraction of sp³-hybridized carbons (Fsp3) is 0.562. The Bertz CT molecular complexity index is 2410. The lowest BCUT2D eigenvalue weighted by Gasteiger charge is -2.38. The molecule has 2 fully saturated rings. The number of esters is 1. The zero-order valence-electron chi connectivity index (χ0n) is 37.2. The second-order valence-electron chi connectivity index (χ2n) is 18.6. The molecule has 3 atom stereocenters. The van der Waals surface area contributed by atoms with Gasteiger partial charge in [0.1, 0.15) is 35.1 Å². The SMILES string of the molecule is CCC(O)C[C@@H](CC/C=C/OC1(C)Oc2c(C)c(O)c3c(O)c(N)c4c(c3c2C1=O)=NC1(CCN(CC(C)C)CC1)N=4)OC(=O)CC(=O)N1CCN(C2Cc3ccccc3C2)CC1. The smallest absolute Gasteiger partial charge is 0.315 e. The molecule has 2 unspecified atom stereocenters. The van der Waals surface area contributed by atoms with Gasteiger partial charge in [-0.1, -0.05) is 45.0 Å². The summed E-state index contributed by atoms with van der Waals surface area (Å²) in [6, 6.07) is 8.97. The number of benzene rings is 3. The van der Waals surface area contributed by atoms with E-state index in [-0.39, 0.29) is 63.6 Å². The molecule has 8 rings (SSSR count). The highest BCUT2D eigenvalue weighted by molar-refractivity contribution is 6.19. The van der Waals surface area contributed by atoms with Gasteiger partial charge in [0, 0.05) is 89.0 Å². The number of phenols is 2. The maximum Gasteiger partial charge on any atom is 0.315 e. The van der Waals surface area contributed by atoms with Crippen molar-refractivity contribution in [3.8, 4) is 17.2 Å². The van der Waals surface area contributed by atoms with Crippen LogP contribution in [0.15, 0.2) is 46.6 Å². The molecule has 0 aromatic heterocycles. The van der Waals surface area contributed by atoms with Gasteiger partial charge in [-0.2, -0.15) is 0 Å². The van der Waals surface area contributed by atoms with Crippen molar-refractivity contribution < 1.29 is 43.9 Å². The highest BCUT2D eigenvalue weighted by Crippen LogP contribution is 2.49. The van der Waals surface area contributed by atoms with Gasteiger partial charge >= 0.3 is 11.8 Å². The number of rotatable bonds is 14. The van der Waals surface area contributed by atoms with Crippen LogP contribution >= 0.6 is 0 Å².